The van der Waals surface area contributed by atoms with Crippen LogP contribution in [-0.2, 0) is 67.1 Å². The topological polar surface area (TPSA) is 660 Å². The van der Waals surface area contributed by atoms with Crippen LogP contribution >= 0.6 is 11.8 Å². The summed E-state index contributed by atoms with van der Waals surface area (Å²) in [5.74, 6) is -20.7. The molecule has 0 radical (unpaired) electrons. The summed E-state index contributed by atoms with van der Waals surface area (Å²) in [6.45, 7) is 6.54. The first-order chi connectivity index (χ1) is 47.8. The third-order valence-electron chi connectivity index (χ3n) is 14.9. The molecule has 1 aliphatic heterocycles. The van der Waals surface area contributed by atoms with Crippen molar-refractivity contribution in [3.05, 3.63) is 70.4 Å². The maximum Gasteiger partial charge on any atom is 0.348 e. The van der Waals surface area contributed by atoms with E-state index in [1.165, 1.54) is 61.5 Å². The van der Waals surface area contributed by atoms with Gasteiger partial charge < -0.3 is 112 Å². The van der Waals surface area contributed by atoms with Gasteiger partial charge in [0.05, 0.1) is 43.5 Å². The molecule has 1 aliphatic carbocycles. The first kappa shape index (κ1) is 83.1. The highest BCUT2D eigenvalue weighted by Crippen LogP contribution is 2.42. The minimum absolute atomic E-state index is 0.0860. The van der Waals surface area contributed by atoms with Crippen molar-refractivity contribution in [2.24, 2.45) is 34.6 Å². The van der Waals surface area contributed by atoms with Gasteiger partial charge in [0.25, 0.3) is 0 Å². The fourth-order valence-electron chi connectivity index (χ4n) is 10.1. The van der Waals surface area contributed by atoms with Crippen molar-refractivity contribution in [2.45, 2.75) is 153 Å². The van der Waals surface area contributed by atoms with Crippen LogP contribution in [0.5, 0.6) is 5.75 Å². The number of aliphatic carboxylic acids is 1. The number of primary amides is 4. The average Bonchev–Trinajstić information content (AvgIpc) is 0.748. The first-order valence-electron chi connectivity index (χ1n) is 31.4. The average molecular weight is 1450 g/mol. The third-order valence-corrected chi connectivity index (χ3v) is 15.9. The summed E-state index contributed by atoms with van der Waals surface area (Å²) in [5, 5.41) is 82.2. The van der Waals surface area contributed by atoms with Crippen molar-refractivity contribution in [2.75, 3.05) is 18.1 Å². The second kappa shape index (κ2) is 38.9. The number of benzene rings is 3. The summed E-state index contributed by atoms with van der Waals surface area (Å²) in [5.41, 5.74) is 28.0. The molecule has 2 aliphatic rings. The molecule has 2 aromatic rings. The fraction of sp³-hybridized carbons (Fsp3) is 0.444. The number of rotatable bonds is 41. The number of unbranched alkanes of at least 4 members (excludes halogenated alkanes) is 1. The van der Waals surface area contributed by atoms with Crippen molar-refractivity contribution < 1.29 is 112 Å². The molecule has 0 spiro atoms. The normalized spacial score (nSPS) is 14.6. The molecular formula is C63H84N15O23S+. The largest absolute Gasteiger partial charge is 0.508 e. The van der Waals surface area contributed by atoms with E-state index in [-0.39, 0.29) is 71.2 Å². The highest BCUT2D eigenvalue weighted by Gasteiger charge is 2.39. The Labute approximate surface area is 584 Å². The van der Waals surface area contributed by atoms with Crippen LogP contribution in [0.4, 0.5) is 5.69 Å². The molecule has 102 heavy (non-hydrogen) atoms. The van der Waals surface area contributed by atoms with Crippen LogP contribution in [0.2, 0.25) is 0 Å². The molecule has 0 saturated carbocycles. The molecular weight excluding hydrogens is 1370 g/mol. The second-order valence-electron chi connectivity index (χ2n) is 24.0. The minimum atomic E-state index is -2.17. The maximum absolute atomic E-state index is 14.0. The zero-order valence-corrected chi connectivity index (χ0v) is 56.6. The molecule has 1 heterocycles. The third kappa shape index (κ3) is 25.8. The zero-order chi connectivity index (χ0) is 76.6. The molecule has 13 amide bonds. The number of hydrogen-bond donors (Lipinski definition) is 21. The molecule has 0 unspecified atom stereocenters. The molecule has 26 N–H and O–H groups in total. The molecule has 39 heteroatoms. The quantitative estimate of drug-likeness (QED) is 0.00850. The number of hydrogen-bond acceptors (Lipinski definition) is 22. The van der Waals surface area contributed by atoms with Crippen LogP contribution in [0.25, 0.3) is 33.4 Å². The number of aromatic carboxylic acids is 1. The number of aromatic hydroxyl groups is 1. The first-order valence-corrected chi connectivity index (χ1v) is 32.6. The van der Waals surface area contributed by atoms with Crippen molar-refractivity contribution in [1.29, 1.82) is 0 Å². The molecule has 0 aromatic heterocycles. The number of carbonyl (C=O) groups excluding carboxylic acids is 13. The van der Waals surface area contributed by atoms with Gasteiger partial charge in [0.1, 0.15) is 77.2 Å². The van der Waals surface area contributed by atoms with Crippen LogP contribution < -0.4 is 86.9 Å². The van der Waals surface area contributed by atoms with E-state index in [4.69, 9.17) is 33.1 Å². The number of aliphatic hydroxyl groups excluding tert-OH is 3. The van der Waals surface area contributed by atoms with E-state index >= 15 is 0 Å². The lowest BCUT2D eigenvalue weighted by Gasteiger charge is -2.28. The smallest absolute Gasteiger partial charge is 0.348 e. The van der Waals surface area contributed by atoms with Gasteiger partial charge in [-0.15, -0.1) is 11.8 Å². The number of phenols is 1. The van der Waals surface area contributed by atoms with Crippen LogP contribution in [0, 0.1) is 5.92 Å². The van der Waals surface area contributed by atoms with E-state index in [1.807, 2.05) is 16.0 Å². The summed E-state index contributed by atoms with van der Waals surface area (Å²) < 4.78 is 5.87. The van der Waals surface area contributed by atoms with Crippen LogP contribution in [0.1, 0.15) is 96.3 Å². The van der Waals surface area contributed by atoms with Gasteiger partial charge in [-0.05, 0) is 87.9 Å². The van der Waals surface area contributed by atoms with E-state index in [1.54, 1.807) is 13.8 Å². The maximum atomic E-state index is 14.0. The SMILES string of the molecule is CC(=O)N[C@H](C(=O)N[C@@H](CCCCN)C(=O)N[C@@H](CC(=O)O)C(=O)N[C@H](C(=O)N[C@@H](CC(N)=O)C(=O)N[C@@H](CC(N)=O)C(=O)N[C@@H](CC(N)=O)C(=O)N[C@@H](CC(C)C)C(=O)N[C@@H](CSCC(O)=[NH+]c1ccc(-c2c3ccc(=O)cc-3oc3cc(O)ccc23)c(C(=O)O)c1)C(N)=O)[C@@H](C)O)[C@@H](C)O. The number of carbonyl (C=O) groups is 15. The predicted octanol–water partition coefficient (Wildman–Crippen LogP) is -6.72. The van der Waals surface area contributed by atoms with Gasteiger partial charge in [-0.1, -0.05) is 13.8 Å². The number of fused-ring (bicyclic) bond motifs is 2. The summed E-state index contributed by atoms with van der Waals surface area (Å²) in [6, 6.07) is -4.55. The lowest BCUT2D eigenvalue weighted by molar-refractivity contribution is -0.365. The molecule has 2 aromatic carbocycles. The Balaban J connectivity index is 1.50. The summed E-state index contributed by atoms with van der Waals surface area (Å²) >= 11 is 0.858. The molecule has 4 rings (SSSR count). The second-order valence-corrected chi connectivity index (χ2v) is 25.0. The number of nitrogens with two attached hydrogens (primary N) is 5. The van der Waals surface area contributed by atoms with Crippen LogP contribution in [0.3, 0.4) is 0 Å². The molecule has 0 saturated heterocycles. The predicted molar refractivity (Wildman–Crippen MR) is 360 cm³/mol. The van der Waals surface area contributed by atoms with Crippen molar-refractivity contribution in [1.82, 2.24) is 47.9 Å². The van der Waals surface area contributed by atoms with Crippen LogP contribution in [-0.4, -0.2) is 210 Å². The van der Waals surface area contributed by atoms with Gasteiger partial charge in [0.15, 0.2) is 5.43 Å². The monoisotopic (exact) mass is 1450 g/mol. The number of nitrogens with one attached hydrogen (secondary N) is 10. The van der Waals surface area contributed by atoms with Gasteiger partial charge in [0, 0.05) is 53.5 Å². The van der Waals surface area contributed by atoms with E-state index in [2.05, 4.69) is 36.9 Å². The number of aliphatic hydroxyl groups is 3. The number of carboxylic acid groups (broad SMARTS) is 2. The number of amides is 13. The summed E-state index contributed by atoms with van der Waals surface area (Å²) in [7, 11) is 0. The number of carboxylic acids is 2. The van der Waals surface area contributed by atoms with Gasteiger partial charge in [-0.25, -0.2) is 4.79 Å². The minimum Gasteiger partial charge on any atom is -0.508 e. The molecule has 38 nitrogen and oxygen atoms in total. The van der Waals surface area contributed by atoms with Gasteiger partial charge >= 0.3 is 17.8 Å². The standard InChI is InChI=1S/C63H83N15O23S/c1-26(2)16-38(56(92)77-43(54(68)90)24-102-25-49(87)70-30-9-12-33(36(17-30)63(99)100)51-34-13-10-31(82)18-44(34)101-45-19-32(83)11-14-35(45)51)72-57(93)39(20-46(65)84)73-58(94)40(21-47(66)85)74-59(95)41(22-48(67)86)76-62(98)53(28(4)80)78-60(96)42(23-50(88)89)75-55(91)37(8-6-7-15-64)71-61(97)52(27(3)79)69-29(5)81/h9-14,17-19,26-28,37-43,52-53,79-80,82H,6-8,15-16,20-25,64H2,1-5H3,(H2,65,84)(H2,66,85)(H2,67,86)(H2,68,90)(H,69,81)(H,70,87)(H,71,97)(H,72,93)(H,73,94)(H,74,95)(H,75,91)(H,76,98)(H,77,92)(H,78,96)(H,88,89)(H,99,100)/p+1/t27-,28-,37+,38+,39+,40+,41+,42+,43+,52+,53+/m1/s1. The zero-order valence-electron chi connectivity index (χ0n) is 55.8. The Hall–Kier alpha value is -11.3. The summed E-state index contributed by atoms with van der Waals surface area (Å²) in [6.07, 6.45) is -7.72. The number of phenolic OH excluding ortho intramolecular Hbond substituents is 1. The van der Waals surface area contributed by atoms with Crippen molar-refractivity contribution in [3.8, 4) is 28.2 Å². The Morgan fingerprint density at radius 2 is 1.01 bits per heavy atom. The van der Waals surface area contributed by atoms with E-state index in [0.29, 0.717) is 22.9 Å². The molecule has 554 valence electrons. The Bertz CT molecular complexity index is 3880. The van der Waals surface area contributed by atoms with Crippen molar-refractivity contribution >= 4 is 123 Å². The highest BCUT2D eigenvalue weighted by molar-refractivity contribution is 8.00. The molecule has 0 bridgehead atoms. The van der Waals surface area contributed by atoms with E-state index in [0.717, 1.165) is 25.6 Å². The van der Waals surface area contributed by atoms with Gasteiger partial charge in [0.2, 0.25) is 82.5 Å². The molecule has 0 fully saturated rings. The van der Waals surface area contributed by atoms with Gasteiger partial charge in [-0.3, -0.25) is 71.9 Å². The lowest BCUT2D eigenvalue weighted by Crippen LogP contribution is -2.67. The number of thioether (sulfide) groups is 1. The Morgan fingerprint density at radius 3 is 1.50 bits per heavy atom. The lowest BCUT2D eigenvalue weighted by atomic mass is 9.90. The van der Waals surface area contributed by atoms with Crippen molar-refractivity contribution in [3.63, 3.8) is 0 Å². The van der Waals surface area contributed by atoms with Crippen LogP contribution in [0.15, 0.2) is 63.8 Å². The Morgan fingerprint density at radius 1 is 0.539 bits per heavy atom. The molecule has 11 atom stereocenters. The fourth-order valence-corrected chi connectivity index (χ4v) is 11.0. The summed E-state index contributed by atoms with van der Waals surface area (Å²) in [4.78, 5) is 212. The van der Waals surface area contributed by atoms with E-state index < -0.39 is 198 Å². The van der Waals surface area contributed by atoms with E-state index in [9.17, 15) is 107 Å². The Kier molecular flexibility index (Phi) is 31.7. The van der Waals surface area contributed by atoms with Gasteiger partial charge in [-0.2, -0.15) is 4.99 Å². The highest BCUT2D eigenvalue weighted by atomic mass is 32.2.